The number of hydrogen-bond acceptors (Lipinski definition) is 6. The number of ether oxygens (including phenoxy) is 3. The molecule has 546 valence electrons. The lowest BCUT2D eigenvalue weighted by Crippen LogP contribution is -2.38. The van der Waals surface area contributed by atoms with Gasteiger partial charge < -0.3 is 14.2 Å². The number of hydrogen-bond donors (Lipinski definition) is 0. The van der Waals surface area contributed by atoms with Gasteiger partial charge in [-0.1, -0.05) is 371 Å². The van der Waals surface area contributed by atoms with E-state index in [1.807, 2.05) is 6.07 Å². The first-order valence-corrected chi connectivity index (χ1v) is 42.4. The van der Waals surface area contributed by atoms with Gasteiger partial charge in [-0.25, -0.2) is 14.4 Å². The van der Waals surface area contributed by atoms with Crippen LogP contribution in [0.15, 0.2) is 18.2 Å². The summed E-state index contributed by atoms with van der Waals surface area (Å²) in [6, 6.07) is 5.33. The molecule has 0 saturated carbocycles. The summed E-state index contributed by atoms with van der Waals surface area (Å²) in [5.74, 6) is -1.25. The molecule has 0 saturated heterocycles. The first-order chi connectivity index (χ1) is 45.5. The van der Waals surface area contributed by atoms with Crippen molar-refractivity contribution < 1.29 is 28.6 Å². The van der Waals surface area contributed by atoms with Crippen LogP contribution in [0.2, 0.25) is 0 Å². The molecule has 0 amide bonds. The first-order valence-electron chi connectivity index (χ1n) is 42.4. The minimum Gasteiger partial charge on any atom is -0.455 e. The Balaban J connectivity index is 4.34. The predicted octanol–water partition coefficient (Wildman–Crippen LogP) is 30.3. The lowest BCUT2D eigenvalue weighted by Gasteiger charge is -2.36. The largest absolute Gasteiger partial charge is 0.455 e. The highest BCUT2D eigenvalue weighted by Gasteiger charge is 2.39. The lowest BCUT2D eigenvalue weighted by molar-refractivity contribution is -0.0402. The highest BCUT2D eigenvalue weighted by molar-refractivity contribution is 6.05. The summed E-state index contributed by atoms with van der Waals surface area (Å²) in [6.45, 7) is 20.6. The average molecular weight is 1300 g/mol. The molecular weight excluding hydrogens is 1140 g/mol. The number of esters is 3. The van der Waals surface area contributed by atoms with E-state index in [0.29, 0.717) is 5.56 Å². The van der Waals surface area contributed by atoms with Gasteiger partial charge in [-0.2, -0.15) is 0 Å². The zero-order chi connectivity index (χ0) is 67.9. The van der Waals surface area contributed by atoms with Gasteiger partial charge in [-0.15, -0.1) is 0 Å². The molecule has 1 rings (SSSR count). The second kappa shape index (κ2) is 63.1. The molecule has 93 heavy (non-hydrogen) atoms. The summed E-state index contributed by atoms with van der Waals surface area (Å²) in [6.07, 6.45) is 75.5. The summed E-state index contributed by atoms with van der Waals surface area (Å²) in [7, 11) is 0. The molecule has 0 N–H and O–H groups in total. The number of benzene rings is 1. The Bertz CT molecular complexity index is 1770. The number of carbonyl (C=O) groups is 3. The van der Waals surface area contributed by atoms with Crippen molar-refractivity contribution in [3.63, 3.8) is 0 Å². The van der Waals surface area contributed by atoms with E-state index in [0.717, 1.165) is 173 Å². The maximum atomic E-state index is 16.1. The second-order valence-corrected chi connectivity index (χ2v) is 30.2. The molecule has 0 aliphatic rings. The van der Waals surface area contributed by atoms with Gasteiger partial charge in [0, 0.05) is 0 Å². The molecule has 1 aromatic rings. The van der Waals surface area contributed by atoms with E-state index >= 15 is 14.4 Å². The van der Waals surface area contributed by atoms with Gasteiger partial charge in [-0.05, 0) is 134 Å². The van der Waals surface area contributed by atoms with Gasteiger partial charge in [0.2, 0.25) is 0 Å². The molecule has 0 radical (unpaired) electrons. The Morgan fingerprint density at radius 2 is 0.376 bits per heavy atom. The van der Waals surface area contributed by atoms with Crippen LogP contribution in [0.3, 0.4) is 0 Å². The fraction of sp³-hybridized carbons (Fsp3) is 0.897. The van der Waals surface area contributed by atoms with E-state index in [4.69, 9.17) is 14.2 Å². The lowest BCUT2D eigenvalue weighted by atomic mass is 9.84. The quantitative estimate of drug-likeness (QED) is 0.0367. The van der Waals surface area contributed by atoms with Crippen LogP contribution >= 0.6 is 0 Å². The van der Waals surface area contributed by atoms with Crippen LogP contribution in [0.25, 0.3) is 0 Å². The summed E-state index contributed by atoms with van der Waals surface area (Å²) >= 11 is 0. The maximum absolute atomic E-state index is 16.1. The summed E-state index contributed by atoms with van der Waals surface area (Å²) in [4.78, 5) is 47.4. The Labute approximate surface area is 581 Å². The van der Waals surface area contributed by atoms with E-state index < -0.39 is 28.7 Å². The van der Waals surface area contributed by atoms with Gasteiger partial charge in [-0.3, -0.25) is 0 Å². The van der Waals surface area contributed by atoms with Gasteiger partial charge in [0.25, 0.3) is 0 Å². The average Bonchev–Trinajstić information content (AvgIpc) is 0.864. The smallest absolute Gasteiger partial charge is 0.339 e. The monoisotopic (exact) mass is 1300 g/mol. The van der Waals surface area contributed by atoms with E-state index in [1.54, 1.807) is 12.1 Å². The van der Waals surface area contributed by atoms with Crippen molar-refractivity contribution >= 4 is 17.9 Å². The summed E-state index contributed by atoms with van der Waals surface area (Å²) in [5, 5.41) is 0. The predicted molar refractivity (Wildman–Crippen MR) is 407 cm³/mol. The van der Waals surface area contributed by atoms with Gasteiger partial charge in [0.15, 0.2) is 0 Å². The van der Waals surface area contributed by atoms with Crippen molar-refractivity contribution in [2.45, 2.75) is 503 Å². The molecule has 0 spiro atoms. The second-order valence-electron chi connectivity index (χ2n) is 30.2. The molecule has 0 aliphatic carbocycles. The van der Waals surface area contributed by atoms with Crippen molar-refractivity contribution in [3.8, 4) is 0 Å². The molecule has 0 aromatic heterocycles. The third-order valence-corrected chi connectivity index (χ3v) is 21.2. The Morgan fingerprint density at radius 3 is 0.570 bits per heavy atom. The normalized spacial score (nSPS) is 12.1. The van der Waals surface area contributed by atoms with Crippen LogP contribution in [0.5, 0.6) is 0 Å². The van der Waals surface area contributed by atoms with Gasteiger partial charge in [0.1, 0.15) is 16.8 Å². The van der Waals surface area contributed by atoms with Crippen molar-refractivity contribution in [2.75, 3.05) is 0 Å². The summed E-state index contributed by atoms with van der Waals surface area (Å²) in [5.41, 5.74) is -1.08. The topological polar surface area (TPSA) is 78.9 Å². The highest BCUT2D eigenvalue weighted by Crippen LogP contribution is 2.39. The van der Waals surface area contributed by atoms with Crippen molar-refractivity contribution in [3.05, 3.63) is 34.9 Å². The molecule has 1 aromatic carbocycles. The van der Waals surface area contributed by atoms with Crippen molar-refractivity contribution in [2.24, 2.45) is 0 Å². The number of rotatable bonds is 72. The third-order valence-electron chi connectivity index (χ3n) is 21.2. The molecule has 0 aliphatic heterocycles. The SMILES string of the molecule is CCCCCCCCCC(CCCCCCCC)(CCCCCCCC)OC(=O)c1ccc(C(=O)OC(CCCCCCCC)(CCCCCCCC)CCCCCCCCC)c(C(=O)OC(CCCCCCCC)(CCCCCCCC)CCCCCCCCC)c1. The fourth-order valence-electron chi connectivity index (χ4n) is 14.9. The van der Waals surface area contributed by atoms with Crippen LogP contribution in [0.4, 0.5) is 0 Å². The molecule has 6 heteroatoms. The zero-order valence-corrected chi connectivity index (χ0v) is 64.4. The van der Waals surface area contributed by atoms with E-state index in [9.17, 15) is 0 Å². The minimum atomic E-state index is -0.663. The molecule has 0 bridgehead atoms. The molecule has 0 atom stereocenters. The van der Waals surface area contributed by atoms with Crippen LogP contribution in [-0.2, 0) is 14.2 Å². The van der Waals surface area contributed by atoms with E-state index in [2.05, 4.69) is 62.3 Å². The van der Waals surface area contributed by atoms with Crippen LogP contribution < -0.4 is 0 Å². The van der Waals surface area contributed by atoms with E-state index in [1.165, 1.54) is 250 Å². The van der Waals surface area contributed by atoms with Crippen LogP contribution in [-0.4, -0.2) is 34.7 Å². The zero-order valence-electron chi connectivity index (χ0n) is 64.4. The molecular formula is C87H162O6. The van der Waals surface area contributed by atoms with Crippen molar-refractivity contribution in [1.82, 2.24) is 0 Å². The molecule has 6 nitrogen and oxygen atoms in total. The molecule has 0 heterocycles. The Kier molecular flexibility index (Phi) is 60.1. The Hall–Kier alpha value is -2.37. The fourth-order valence-corrected chi connectivity index (χ4v) is 14.9. The number of unbranched alkanes of at least 4 members (excludes halogenated alkanes) is 48. The maximum Gasteiger partial charge on any atom is 0.339 e. The Morgan fingerprint density at radius 1 is 0.215 bits per heavy atom. The van der Waals surface area contributed by atoms with Crippen molar-refractivity contribution in [1.29, 1.82) is 0 Å². The molecule has 0 fully saturated rings. The standard InChI is InChI=1S/C87H162O6/c1-10-19-28-37-46-55-64-71-85(69-58-49-40-31-22-13-4,70-59-50-41-32-23-14-5)91-82(88)79-67-68-80(83(89)92-86(72-60-51-42-33-24-15-6,73-61-52-43-34-25-16-7)74-65-56-47-38-29-20-11-2)81(78-79)84(90)93-87(75-62-53-44-35-26-17-8,76-63-54-45-36-27-18-9)77-66-57-48-39-30-21-12-3/h67-68,78H,10-66,69-77H2,1-9H3. The van der Waals surface area contributed by atoms with Crippen LogP contribution in [0.1, 0.15) is 517 Å². The molecule has 0 unspecified atom stereocenters. The van der Waals surface area contributed by atoms with Crippen LogP contribution in [0, 0.1) is 0 Å². The van der Waals surface area contributed by atoms with Gasteiger partial charge >= 0.3 is 17.9 Å². The highest BCUT2D eigenvalue weighted by atomic mass is 16.6. The van der Waals surface area contributed by atoms with Gasteiger partial charge in [0.05, 0.1) is 16.7 Å². The summed E-state index contributed by atoms with van der Waals surface area (Å²) < 4.78 is 21.7. The third kappa shape index (κ3) is 46.5. The minimum absolute atomic E-state index is 0.192. The van der Waals surface area contributed by atoms with E-state index in [-0.39, 0.29) is 17.1 Å². The number of carbonyl (C=O) groups excluding carboxylic acids is 3. The first kappa shape index (κ1) is 88.6.